The lowest BCUT2D eigenvalue weighted by atomic mass is 10.1. The van der Waals surface area contributed by atoms with E-state index < -0.39 is 5.97 Å². The van der Waals surface area contributed by atoms with Crippen LogP contribution in [0, 0.1) is 0 Å². The highest BCUT2D eigenvalue weighted by atomic mass is 35.5. The Balaban J connectivity index is 2.65. The molecule has 1 N–H and O–H groups in total. The molecule has 2 aromatic rings. The molecule has 1 aromatic heterocycles. The minimum absolute atomic E-state index is 0.0389. The number of benzene rings is 1. The van der Waals surface area contributed by atoms with Crippen molar-refractivity contribution in [3.63, 3.8) is 0 Å². The van der Waals surface area contributed by atoms with Gasteiger partial charge in [-0.2, -0.15) is 0 Å². The van der Waals surface area contributed by atoms with E-state index in [9.17, 15) is 4.79 Å². The Morgan fingerprint density at radius 1 is 1.40 bits per heavy atom. The van der Waals surface area contributed by atoms with Crippen LogP contribution in [0.25, 0.3) is 10.9 Å². The summed E-state index contributed by atoms with van der Waals surface area (Å²) in [4.78, 5) is 14.8. The summed E-state index contributed by atoms with van der Waals surface area (Å²) in [5.41, 5.74) is 1.42. The molecule has 0 aliphatic carbocycles. The van der Waals surface area contributed by atoms with E-state index in [2.05, 4.69) is 4.98 Å². The zero-order valence-electron chi connectivity index (χ0n) is 7.77. The molecule has 1 heterocycles. The fourth-order valence-electron chi connectivity index (χ4n) is 1.52. The number of carboxylic acid groups (broad SMARTS) is 1. The Kier molecular flexibility index (Phi) is 2.56. The number of hydrogen-bond acceptors (Lipinski definition) is 2. The van der Waals surface area contributed by atoms with Crippen molar-refractivity contribution in [1.29, 1.82) is 0 Å². The van der Waals surface area contributed by atoms with Crippen LogP contribution in [-0.4, -0.2) is 16.1 Å². The van der Waals surface area contributed by atoms with E-state index in [0.29, 0.717) is 10.7 Å². The quantitative estimate of drug-likeness (QED) is 0.793. The van der Waals surface area contributed by atoms with E-state index in [0.717, 1.165) is 10.9 Å². The van der Waals surface area contributed by atoms with Crippen molar-refractivity contribution >= 4 is 28.5 Å². The fourth-order valence-corrected chi connectivity index (χ4v) is 1.74. The Morgan fingerprint density at radius 2 is 2.13 bits per heavy atom. The van der Waals surface area contributed by atoms with Crippen LogP contribution in [0.4, 0.5) is 0 Å². The lowest BCUT2D eigenvalue weighted by Crippen LogP contribution is -2.01. The molecule has 1 aromatic carbocycles. The van der Waals surface area contributed by atoms with Gasteiger partial charge in [-0.15, -0.1) is 0 Å². The van der Waals surface area contributed by atoms with Gasteiger partial charge in [-0.1, -0.05) is 29.8 Å². The van der Waals surface area contributed by atoms with Crippen LogP contribution in [0.5, 0.6) is 0 Å². The predicted molar refractivity (Wildman–Crippen MR) is 58.1 cm³/mol. The maximum Gasteiger partial charge on any atom is 0.307 e. The fraction of sp³-hybridized carbons (Fsp3) is 0.0909. The van der Waals surface area contributed by atoms with Crippen molar-refractivity contribution in [1.82, 2.24) is 4.98 Å². The molecule has 0 atom stereocenters. The lowest BCUT2D eigenvalue weighted by molar-refractivity contribution is -0.136. The second-order valence-electron chi connectivity index (χ2n) is 3.19. The molecule has 15 heavy (non-hydrogen) atoms. The molecular formula is C11H8ClNO2. The van der Waals surface area contributed by atoms with Crippen molar-refractivity contribution in [2.45, 2.75) is 6.42 Å². The van der Waals surface area contributed by atoms with Gasteiger partial charge in [0.25, 0.3) is 0 Å². The largest absolute Gasteiger partial charge is 0.481 e. The van der Waals surface area contributed by atoms with Gasteiger partial charge in [0, 0.05) is 5.39 Å². The lowest BCUT2D eigenvalue weighted by Gasteiger charge is -2.04. The molecule has 0 aliphatic heterocycles. The van der Waals surface area contributed by atoms with Crippen LogP contribution in [0.3, 0.4) is 0 Å². The van der Waals surface area contributed by atoms with Crippen LogP contribution in [0.2, 0.25) is 5.15 Å². The Bertz CT molecular complexity index is 525. The summed E-state index contributed by atoms with van der Waals surface area (Å²) >= 11 is 5.80. The molecule has 0 saturated heterocycles. The molecule has 0 fully saturated rings. The number of aromatic nitrogens is 1. The molecule has 0 spiro atoms. The third kappa shape index (κ3) is 2.07. The predicted octanol–water partition coefficient (Wildman–Crippen LogP) is 2.52. The SMILES string of the molecule is O=C(O)Cc1cc(Cl)nc2ccccc12. The Labute approximate surface area is 91.3 Å². The average Bonchev–Trinajstić information content (AvgIpc) is 2.16. The van der Waals surface area contributed by atoms with Gasteiger partial charge in [-0.3, -0.25) is 4.79 Å². The van der Waals surface area contributed by atoms with Gasteiger partial charge in [0.1, 0.15) is 5.15 Å². The Morgan fingerprint density at radius 3 is 2.87 bits per heavy atom. The van der Waals surface area contributed by atoms with E-state index in [1.54, 1.807) is 6.07 Å². The number of halogens is 1. The van der Waals surface area contributed by atoms with Crippen molar-refractivity contribution in [3.8, 4) is 0 Å². The maximum atomic E-state index is 10.7. The second-order valence-corrected chi connectivity index (χ2v) is 3.58. The van der Waals surface area contributed by atoms with Crippen LogP contribution >= 0.6 is 11.6 Å². The molecule has 76 valence electrons. The van der Waals surface area contributed by atoms with Crippen LogP contribution < -0.4 is 0 Å². The molecule has 0 unspecified atom stereocenters. The van der Waals surface area contributed by atoms with Crippen LogP contribution in [0.1, 0.15) is 5.56 Å². The third-order valence-corrected chi connectivity index (χ3v) is 2.31. The minimum Gasteiger partial charge on any atom is -0.481 e. The van der Waals surface area contributed by atoms with Gasteiger partial charge in [-0.05, 0) is 17.7 Å². The number of carboxylic acids is 1. The van der Waals surface area contributed by atoms with Gasteiger partial charge in [0.15, 0.2) is 0 Å². The average molecular weight is 222 g/mol. The highest BCUT2D eigenvalue weighted by molar-refractivity contribution is 6.30. The second kappa shape index (κ2) is 3.87. The highest BCUT2D eigenvalue weighted by Crippen LogP contribution is 2.21. The van der Waals surface area contributed by atoms with Crippen molar-refractivity contribution in [2.75, 3.05) is 0 Å². The molecule has 0 amide bonds. The summed E-state index contributed by atoms with van der Waals surface area (Å²) in [6.07, 6.45) is -0.0389. The number of carbonyl (C=O) groups is 1. The van der Waals surface area contributed by atoms with E-state index in [4.69, 9.17) is 16.7 Å². The number of para-hydroxylation sites is 1. The van der Waals surface area contributed by atoms with Crippen molar-refractivity contribution in [3.05, 3.63) is 41.0 Å². The molecule has 0 bridgehead atoms. The molecule has 0 aliphatic rings. The van der Waals surface area contributed by atoms with Gasteiger partial charge >= 0.3 is 5.97 Å². The summed E-state index contributed by atoms with van der Waals surface area (Å²) in [6, 6.07) is 8.95. The standard InChI is InChI=1S/C11H8ClNO2/c12-10-5-7(6-11(14)15)8-3-1-2-4-9(8)13-10/h1-5H,6H2,(H,14,15). The Hall–Kier alpha value is -1.61. The van der Waals surface area contributed by atoms with Gasteiger partial charge in [0.05, 0.1) is 11.9 Å². The van der Waals surface area contributed by atoms with Crippen molar-refractivity contribution in [2.24, 2.45) is 0 Å². The van der Waals surface area contributed by atoms with Crippen LogP contribution in [0.15, 0.2) is 30.3 Å². The van der Waals surface area contributed by atoms with E-state index in [-0.39, 0.29) is 6.42 Å². The first-order valence-corrected chi connectivity index (χ1v) is 4.80. The molecule has 0 radical (unpaired) electrons. The number of pyridine rings is 1. The summed E-state index contributed by atoms with van der Waals surface area (Å²) < 4.78 is 0. The topological polar surface area (TPSA) is 50.2 Å². The third-order valence-electron chi connectivity index (χ3n) is 2.11. The molecule has 0 saturated carbocycles. The maximum absolute atomic E-state index is 10.7. The van der Waals surface area contributed by atoms with Gasteiger partial charge in [0.2, 0.25) is 0 Å². The zero-order valence-corrected chi connectivity index (χ0v) is 8.53. The molecular weight excluding hydrogens is 214 g/mol. The molecule has 2 rings (SSSR count). The van der Waals surface area contributed by atoms with E-state index in [1.807, 2.05) is 24.3 Å². The zero-order chi connectivity index (χ0) is 10.8. The highest BCUT2D eigenvalue weighted by Gasteiger charge is 2.07. The first-order chi connectivity index (χ1) is 7.16. The van der Waals surface area contributed by atoms with E-state index >= 15 is 0 Å². The summed E-state index contributed by atoms with van der Waals surface area (Å²) in [6.45, 7) is 0. The number of rotatable bonds is 2. The van der Waals surface area contributed by atoms with Crippen molar-refractivity contribution < 1.29 is 9.90 Å². The summed E-state index contributed by atoms with van der Waals surface area (Å²) in [5.74, 6) is -0.873. The minimum atomic E-state index is -0.873. The molecule has 4 heteroatoms. The van der Waals surface area contributed by atoms with Gasteiger partial charge < -0.3 is 5.11 Å². The normalized spacial score (nSPS) is 10.5. The number of aliphatic carboxylic acids is 1. The first kappa shape index (κ1) is 9.93. The number of nitrogens with zero attached hydrogens (tertiary/aromatic N) is 1. The number of hydrogen-bond donors (Lipinski definition) is 1. The smallest absolute Gasteiger partial charge is 0.307 e. The summed E-state index contributed by atoms with van der Waals surface area (Å²) in [5, 5.41) is 9.92. The first-order valence-electron chi connectivity index (χ1n) is 4.43. The van der Waals surface area contributed by atoms with Gasteiger partial charge in [-0.25, -0.2) is 4.98 Å². The summed E-state index contributed by atoms with van der Waals surface area (Å²) in [7, 11) is 0. The van der Waals surface area contributed by atoms with Crippen LogP contribution in [-0.2, 0) is 11.2 Å². The molecule has 3 nitrogen and oxygen atoms in total. The number of fused-ring (bicyclic) bond motifs is 1. The van der Waals surface area contributed by atoms with E-state index in [1.165, 1.54) is 0 Å². The monoisotopic (exact) mass is 221 g/mol.